The van der Waals surface area contributed by atoms with Gasteiger partial charge in [0.2, 0.25) is 11.8 Å². The van der Waals surface area contributed by atoms with E-state index in [1.165, 1.54) is 6.07 Å². The van der Waals surface area contributed by atoms with Crippen LogP contribution in [-0.2, 0) is 29.0 Å². The maximum absolute atomic E-state index is 15.4. The van der Waals surface area contributed by atoms with E-state index in [0.717, 1.165) is 75.8 Å². The number of halogens is 1. The van der Waals surface area contributed by atoms with Crippen LogP contribution in [0.5, 0.6) is 0 Å². The Bertz CT molecular complexity index is 1300. The van der Waals surface area contributed by atoms with Crippen LogP contribution in [0.1, 0.15) is 72.8 Å². The number of fused-ring (bicyclic) bond motifs is 1. The molecule has 240 valence electrons. The zero-order valence-corrected chi connectivity index (χ0v) is 26.0. The van der Waals surface area contributed by atoms with Crippen molar-refractivity contribution in [1.82, 2.24) is 35.9 Å². The number of carbonyl (C=O) groups excluding carboxylic acids is 3. The molecule has 1 aromatic heterocycles. The van der Waals surface area contributed by atoms with Gasteiger partial charge >= 0.3 is 0 Å². The van der Waals surface area contributed by atoms with E-state index >= 15 is 4.39 Å². The number of benzene rings is 1. The summed E-state index contributed by atoms with van der Waals surface area (Å²) in [6.45, 7) is 7.11. The van der Waals surface area contributed by atoms with E-state index in [0.29, 0.717) is 43.9 Å². The molecule has 1 aromatic carbocycles. The van der Waals surface area contributed by atoms with Crippen molar-refractivity contribution in [3.63, 3.8) is 0 Å². The number of carbonyl (C=O) groups is 3. The topological polar surface area (TPSA) is 134 Å². The number of nitrogens with one attached hydrogen (secondary N) is 5. The zero-order valence-electron chi connectivity index (χ0n) is 26.0. The molecule has 5 rings (SSSR count). The minimum atomic E-state index is -0.811. The quantitative estimate of drug-likeness (QED) is 0.263. The Morgan fingerprint density at radius 3 is 2.61 bits per heavy atom. The largest absolute Gasteiger partial charge is 0.339 e. The first kappa shape index (κ1) is 32.1. The number of anilines is 1. The van der Waals surface area contributed by atoms with Crippen LogP contribution in [0.15, 0.2) is 18.2 Å². The normalized spacial score (nSPS) is 19.2. The Morgan fingerprint density at radius 2 is 1.89 bits per heavy atom. The average molecular weight is 611 g/mol. The van der Waals surface area contributed by atoms with Crippen LogP contribution in [0.3, 0.4) is 0 Å². The zero-order chi connectivity index (χ0) is 31.1. The van der Waals surface area contributed by atoms with E-state index in [4.69, 9.17) is 0 Å². The number of hydrogen-bond donors (Lipinski definition) is 5. The summed E-state index contributed by atoms with van der Waals surface area (Å²) in [5, 5.41) is 19.5. The summed E-state index contributed by atoms with van der Waals surface area (Å²) in [5.41, 5.74) is 2.79. The van der Waals surface area contributed by atoms with Crippen molar-refractivity contribution in [2.45, 2.75) is 76.9 Å². The van der Waals surface area contributed by atoms with E-state index in [2.05, 4.69) is 36.4 Å². The molecule has 2 aliphatic heterocycles. The number of hydrogen-bond acceptors (Lipinski definition) is 7. The lowest BCUT2D eigenvalue weighted by molar-refractivity contribution is -0.135. The van der Waals surface area contributed by atoms with Crippen molar-refractivity contribution >= 4 is 23.4 Å². The summed E-state index contributed by atoms with van der Waals surface area (Å²) in [4.78, 5) is 44.4. The van der Waals surface area contributed by atoms with Gasteiger partial charge in [-0.25, -0.2) is 4.39 Å². The van der Waals surface area contributed by atoms with Gasteiger partial charge in [-0.2, -0.15) is 5.10 Å². The molecule has 0 spiro atoms. The van der Waals surface area contributed by atoms with Crippen LogP contribution in [0, 0.1) is 11.7 Å². The van der Waals surface area contributed by atoms with Crippen LogP contribution < -0.4 is 21.3 Å². The molecule has 11 nitrogen and oxygen atoms in total. The molecular weight excluding hydrogens is 563 g/mol. The molecule has 0 radical (unpaired) electrons. The third kappa shape index (κ3) is 7.83. The maximum Gasteiger partial charge on any atom is 0.272 e. The van der Waals surface area contributed by atoms with Gasteiger partial charge in [-0.3, -0.25) is 19.5 Å². The number of aromatic nitrogens is 2. The molecule has 1 saturated heterocycles. The maximum atomic E-state index is 15.4. The fourth-order valence-electron chi connectivity index (χ4n) is 6.53. The molecule has 3 amide bonds. The Balaban J connectivity index is 1.27. The lowest BCUT2D eigenvalue weighted by Crippen LogP contribution is -2.54. The Morgan fingerprint density at radius 1 is 1.11 bits per heavy atom. The average Bonchev–Trinajstić information content (AvgIpc) is 3.48. The van der Waals surface area contributed by atoms with Gasteiger partial charge in [0.25, 0.3) is 5.91 Å². The molecule has 2 fully saturated rings. The SMILES string of the molecule is CCCN[C@H](Cc1ccc(NC(=O)[C@@H](NC(=O)c2n[nH]c3c2CNCC3)C2CCCCC2)c(F)c1)C(=O)N1CCN(C)CC1. The molecule has 0 unspecified atom stereocenters. The highest BCUT2D eigenvalue weighted by Crippen LogP contribution is 2.28. The van der Waals surface area contributed by atoms with Crippen molar-refractivity contribution in [3.8, 4) is 0 Å². The van der Waals surface area contributed by atoms with Crippen molar-refractivity contribution in [2.75, 3.05) is 51.6 Å². The van der Waals surface area contributed by atoms with Crippen LogP contribution in [0.4, 0.5) is 10.1 Å². The van der Waals surface area contributed by atoms with Crippen LogP contribution in [0.25, 0.3) is 0 Å². The molecule has 12 heteroatoms. The molecule has 0 bridgehead atoms. The van der Waals surface area contributed by atoms with Gasteiger partial charge in [-0.1, -0.05) is 32.3 Å². The third-order valence-corrected chi connectivity index (χ3v) is 9.20. The Kier molecular flexibility index (Phi) is 11.0. The molecule has 3 aliphatic rings. The second-order valence-corrected chi connectivity index (χ2v) is 12.4. The highest BCUT2D eigenvalue weighted by atomic mass is 19.1. The van der Waals surface area contributed by atoms with Gasteiger partial charge in [0.15, 0.2) is 5.69 Å². The number of H-pyrrole nitrogens is 1. The first-order valence-corrected chi connectivity index (χ1v) is 16.2. The Hall–Kier alpha value is -3.35. The summed E-state index contributed by atoms with van der Waals surface area (Å²) >= 11 is 0. The van der Waals surface area contributed by atoms with Crippen molar-refractivity contribution in [1.29, 1.82) is 0 Å². The molecule has 3 heterocycles. The summed E-state index contributed by atoms with van der Waals surface area (Å²) in [7, 11) is 2.05. The van der Waals surface area contributed by atoms with E-state index in [9.17, 15) is 14.4 Å². The molecule has 5 N–H and O–H groups in total. The number of amides is 3. The van der Waals surface area contributed by atoms with Gasteiger partial charge in [0.05, 0.1) is 11.7 Å². The number of likely N-dealkylation sites (N-methyl/N-ethyl adjacent to an activating group) is 1. The standard InChI is InChI=1S/C32H47FN8O3/c1-3-12-35-27(32(44)41-16-14-40(2)15-17-41)19-21-9-10-26(24(33)18-21)36-30(42)28(22-7-5-4-6-8-22)37-31(43)29-23-20-34-13-11-25(23)38-39-29/h9-10,18,22,27-28,34-35H,3-8,11-17,19-20H2,1-2H3,(H,36,42)(H,37,43)(H,38,39)/t27-,28+/m1/s1. The number of piperazine rings is 1. The predicted molar refractivity (Wildman–Crippen MR) is 167 cm³/mol. The van der Waals surface area contributed by atoms with Gasteiger partial charge in [-0.15, -0.1) is 0 Å². The summed E-state index contributed by atoms with van der Waals surface area (Å²) in [6.07, 6.45) is 6.67. The predicted octanol–water partition coefficient (Wildman–Crippen LogP) is 2.20. The third-order valence-electron chi connectivity index (χ3n) is 9.20. The minimum absolute atomic E-state index is 0.0318. The highest BCUT2D eigenvalue weighted by molar-refractivity contribution is 6.01. The van der Waals surface area contributed by atoms with E-state index in [1.807, 2.05) is 18.9 Å². The summed E-state index contributed by atoms with van der Waals surface area (Å²) in [6, 6.07) is 3.44. The van der Waals surface area contributed by atoms with Crippen molar-refractivity contribution in [2.24, 2.45) is 5.92 Å². The molecule has 44 heavy (non-hydrogen) atoms. The van der Waals surface area contributed by atoms with Crippen molar-refractivity contribution in [3.05, 3.63) is 46.5 Å². The van der Waals surface area contributed by atoms with Gasteiger partial charge in [0, 0.05) is 56.9 Å². The monoisotopic (exact) mass is 610 g/mol. The first-order chi connectivity index (χ1) is 21.3. The van der Waals surface area contributed by atoms with Gasteiger partial charge < -0.3 is 31.1 Å². The van der Waals surface area contributed by atoms with E-state index < -0.39 is 29.7 Å². The fraction of sp³-hybridized carbons (Fsp3) is 0.625. The molecule has 2 atom stereocenters. The number of aromatic amines is 1. The van der Waals surface area contributed by atoms with Crippen LogP contribution in [-0.4, -0.2) is 96.1 Å². The van der Waals surface area contributed by atoms with E-state index in [-0.39, 0.29) is 17.5 Å². The summed E-state index contributed by atoms with van der Waals surface area (Å²) < 4.78 is 15.4. The minimum Gasteiger partial charge on any atom is -0.339 e. The number of nitrogens with zero attached hydrogens (tertiary/aromatic N) is 3. The summed E-state index contributed by atoms with van der Waals surface area (Å²) in [5.74, 6) is -1.42. The first-order valence-electron chi connectivity index (χ1n) is 16.2. The molecule has 1 aliphatic carbocycles. The van der Waals surface area contributed by atoms with Crippen molar-refractivity contribution < 1.29 is 18.8 Å². The fourth-order valence-corrected chi connectivity index (χ4v) is 6.53. The second kappa shape index (κ2) is 15.1. The number of rotatable bonds is 11. The lowest BCUT2D eigenvalue weighted by Gasteiger charge is -2.35. The smallest absolute Gasteiger partial charge is 0.272 e. The van der Waals surface area contributed by atoms with Crippen LogP contribution in [0.2, 0.25) is 0 Å². The Labute approximate surface area is 259 Å². The van der Waals surface area contributed by atoms with E-state index in [1.54, 1.807) is 12.1 Å². The molecule has 1 saturated carbocycles. The van der Waals surface area contributed by atoms with Crippen LogP contribution >= 0.6 is 0 Å². The molecular formula is C32H47FN8O3. The van der Waals surface area contributed by atoms with Gasteiger partial charge in [-0.05, 0) is 62.9 Å². The lowest BCUT2D eigenvalue weighted by atomic mass is 9.83. The molecule has 2 aromatic rings. The second-order valence-electron chi connectivity index (χ2n) is 12.4. The highest BCUT2D eigenvalue weighted by Gasteiger charge is 2.34. The van der Waals surface area contributed by atoms with Gasteiger partial charge in [0.1, 0.15) is 11.9 Å².